The van der Waals surface area contributed by atoms with E-state index in [1.54, 1.807) is 36.6 Å². The van der Waals surface area contributed by atoms with Gasteiger partial charge < -0.3 is 10.6 Å². The number of hydrogen-bond donors (Lipinski definition) is 2. The van der Waals surface area contributed by atoms with E-state index in [1.165, 1.54) is 4.88 Å². The quantitative estimate of drug-likeness (QED) is 0.647. The minimum absolute atomic E-state index is 0.0817. The first-order valence-corrected chi connectivity index (χ1v) is 6.68. The second kappa shape index (κ2) is 5.71. The zero-order valence-electron chi connectivity index (χ0n) is 10.8. The average Bonchev–Trinajstić information content (AvgIpc) is 2.81. The van der Waals surface area contributed by atoms with Gasteiger partial charge in [-0.05, 0) is 31.2 Å². The minimum atomic E-state index is -0.367. The molecule has 0 atom stereocenters. The lowest BCUT2D eigenvalue weighted by Crippen LogP contribution is -2.04. The van der Waals surface area contributed by atoms with E-state index in [9.17, 15) is 10.1 Å². The Morgan fingerprint density at radius 3 is 2.58 bits per heavy atom. The van der Waals surface area contributed by atoms with Crippen molar-refractivity contribution in [2.45, 2.75) is 13.5 Å². The van der Waals surface area contributed by atoms with Crippen LogP contribution in [0.2, 0.25) is 0 Å². The Balaban J connectivity index is 2.22. The van der Waals surface area contributed by atoms with Crippen molar-refractivity contribution < 1.29 is 4.92 Å². The number of nitrogens with one attached hydrogen (secondary N) is 2. The Morgan fingerprint density at radius 2 is 2.00 bits per heavy atom. The SMILES string of the molecule is CNc1cccc(NCc2ccc(C)s2)c1[N+](=O)[O-]. The number of para-hydroxylation sites is 1. The minimum Gasteiger partial charge on any atom is -0.382 e. The second-order valence-electron chi connectivity index (χ2n) is 4.07. The summed E-state index contributed by atoms with van der Waals surface area (Å²) in [6.45, 7) is 2.63. The molecule has 0 bridgehead atoms. The number of nitro groups is 1. The lowest BCUT2D eigenvalue weighted by atomic mass is 10.2. The monoisotopic (exact) mass is 277 g/mol. The standard InChI is InChI=1S/C13H15N3O2S/c1-9-6-7-10(19-9)8-15-12-5-3-4-11(14-2)13(12)16(17)18/h3-7,14-15H,8H2,1-2H3. The molecule has 0 saturated carbocycles. The Morgan fingerprint density at radius 1 is 1.26 bits per heavy atom. The van der Waals surface area contributed by atoms with Gasteiger partial charge in [0.15, 0.2) is 0 Å². The Labute approximate surface area is 115 Å². The fourth-order valence-electron chi connectivity index (χ4n) is 1.85. The summed E-state index contributed by atoms with van der Waals surface area (Å²) in [5, 5.41) is 17.1. The molecule has 100 valence electrons. The van der Waals surface area contributed by atoms with Crippen molar-refractivity contribution in [3.05, 3.63) is 50.2 Å². The van der Waals surface area contributed by atoms with Gasteiger partial charge in [-0.2, -0.15) is 0 Å². The summed E-state index contributed by atoms with van der Waals surface area (Å²) in [6, 6.07) is 9.28. The summed E-state index contributed by atoms with van der Waals surface area (Å²) < 4.78 is 0. The molecule has 0 aliphatic carbocycles. The van der Waals surface area contributed by atoms with Gasteiger partial charge in [-0.3, -0.25) is 10.1 Å². The van der Waals surface area contributed by atoms with Crippen molar-refractivity contribution in [2.75, 3.05) is 17.7 Å². The van der Waals surface area contributed by atoms with Crippen LogP contribution >= 0.6 is 11.3 Å². The molecule has 1 heterocycles. The predicted molar refractivity (Wildman–Crippen MR) is 79.0 cm³/mol. The van der Waals surface area contributed by atoms with Crippen LogP contribution in [-0.2, 0) is 6.54 Å². The number of nitrogens with zero attached hydrogens (tertiary/aromatic N) is 1. The van der Waals surface area contributed by atoms with Gasteiger partial charge in [0, 0.05) is 23.3 Å². The molecule has 0 amide bonds. The zero-order chi connectivity index (χ0) is 13.8. The maximum absolute atomic E-state index is 11.1. The van der Waals surface area contributed by atoms with Crippen LogP contribution in [0.5, 0.6) is 0 Å². The number of benzene rings is 1. The zero-order valence-corrected chi connectivity index (χ0v) is 11.6. The van der Waals surface area contributed by atoms with Crippen LogP contribution < -0.4 is 10.6 Å². The molecule has 0 aliphatic heterocycles. The van der Waals surface area contributed by atoms with Crippen LogP contribution in [0.25, 0.3) is 0 Å². The molecule has 0 saturated heterocycles. The summed E-state index contributed by atoms with van der Waals surface area (Å²) >= 11 is 1.68. The first kappa shape index (κ1) is 13.4. The third-order valence-corrected chi connectivity index (χ3v) is 3.74. The van der Waals surface area contributed by atoms with Gasteiger partial charge in [-0.1, -0.05) is 6.07 Å². The molecule has 2 aromatic rings. The molecule has 19 heavy (non-hydrogen) atoms. The summed E-state index contributed by atoms with van der Waals surface area (Å²) in [7, 11) is 1.68. The van der Waals surface area contributed by atoms with Crippen molar-refractivity contribution in [1.82, 2.24) is 0 Å². The highest BCUT2D eigenvalue weighted by Gasteiger charge is 2.18. The lowest BCUT2D eigenvalue weighted by Gasteiger charge is -2.09. The van der Waals surface area contributed by atoms with Gasteiger partial charge in [0.1, 0.15) is 11.4 Å². The molecule has 6 heteroatoms. The largest absolute Gasteiger partial charge is 0.382 e. The third-order valence-electron chi connectivity index (χ3n) is 2.74. The molecule has 2 N–H and O–H groups in total. The first-order valence-electron chi connectivity index (χ1n) is 5.86. The number of rotatable bonds is 5. The van der Waals surface area contributed by atoms with E-state index < -0.39 is 0 Å². The fourth-order valence-corrected chi connectivity index (χ4v) is 2.68. The maximum atomic E-state index is 11.1. The predicted octanol–water partition coefficient (Wildman–Crippen LogP) is 3.62. The molecule has 0 unspecified atom stereocenters. The van der Waals surface area contributed by atoms with Crippen LogP contribution in [0.1, 0.15) is 9.75 Å². The Bertz CT molecular complexity index is 595. The van der Waals surface area contributed by atoms with Crippen molar-refractivity contribution >= 4 is 28.4 Å². The molecular weight excluding hydrogens is 262 g/mol. The Hall–Kier alpha value is -2.08. The van der Waals surface area contributed by atoms with Crippen LogP contribution in [0.15, 0.2) is 30.3 Å². The topological polar surface area (TPSA) is 67.2 Å². The van der Waals surface area contributed by atoms with E-state index in [1.807, 2.05) is 19.1 Å². The highest BCUT2D eigenvalue weighted by atomic mass is 32.1. The normalized spacial score (nSPS) is 10.2. The molecular formula is C13H15N3O2S. The van der Waals surface area contributed by atoms with E-state index in [0.717, 1.165) is 4.88 Å². The summed E-state index contributed by atoms with van der Waals surface area (Å²) in [4.78, 5) is 13.2. The number of anilines is 2. The lowest BCUT2D eigenvalue weighted by molar-refractivity contribution is -0.383. The van der Waals surface area contributed by atoms with Crippen LogP contribution in [0.3, 0.4) is 0 Å². The molecule has 0 spiro atoms. The number of thiophene rings is 1. The molecule has 2 rings (SSSR count). The van der Waals surface area contributed by atoms with Crippen molar-refractivity contribution in [3.8, 4) is 0 Å². The summed E-state index contributed by atoms with van der Waals surface area (Å²) in [6.07, 6.45) is 0. The van der Waals surface area contributed by atoms with Gasteiger partial charge in [-0.15, -0.1) is 11.3 Å². The van der Waals surface area contributed by atoms with Gasteiger partial charge >= 0.3 is 5.69 Å². The molecule has 0 radical (unpaired) electrons. The summed E-state index contributed by atoms with van der Waals surface area (Å²) in [5.74, 6) is 0. The van der Waals surface area contributed by atoms with Gasteiger partial charge in [0.05, 0.1) is 4.92 Å². The number of nitro benzene ring substituents is 1. The number of aryl methyl sites for hydroxylation is 1. The summed E-state index contributed by atoms with van der Waals surface area (Å²) in [5.41, 5.74) is 1.12. The highest BCUT2D eigenvalue weighted by Crippen LogP contribution is 2.33. The van der Waals surface area contributed by atoms with Crippen molar-refractivity contribution in [2.24, 2.45) is 0 Å². The third kappa shape index (κ3) is 3.03. The smallest absolute Gasteiger partial charge is 0.315 e. The van der Waals surface area contributed by atoms with Gasteiger partial charge in [-0.25, -0.2) is 0 Å². The first-order chi connectivity index (χ1) is 9.11. The van der Waals surface area contributed by atoms with E-state index >= 15 is 0 Å². The van der Waals surface area contributed by atoms with Crippen LogP contribution in [0, 0.1) is 17.0 Å². The van der Waals surface area contributed by atoms with Gasteiger partial charge in [0.2, 0.25) is 0 Å². The molecule has 0 aliphatic rings. The molecule has 1 aromatic carbocycles. The molecule has 0 fully saturated rings. The van der Waals surface area contributed by atoms with Crippen LogP contribution in [-0.4, -0.2) is 12.0 Å². The van der Waals surface area contributed by atoms with Crippen LogP contribution in [0.4, 0.5) is 17.1 Å². The van der Waals surface area contributed by atoms with E-state index in [-0.39, 0.29) is 10.6 Å². The van der Waals surface area contributed by atoms with Crippen molar-refractivity contribution in [1.29, 1.82) is 0 Å². The Kier molecular flexibility index (Phi) is 4.01. The van der Waals surface area contributed by atoms with E-state index in [4.69, 9.17) is 0 Å². The highest BCUT2D eigenvalue weighted by molar-refractivity contribution is 7.11. The van der Waals surface area contributed by atoms with Crippen molar-refractivity contribution in [3.63, 3.8) is 0 Å². The second-order valence-corrected chi connectivity index (χ2v) is 5.45. The average molecular weight is 277 g/mol. The van der Waals surface area contributed by atoms with E-state index in [0.29, 0.717) is 17.9 Å². The molecule has 1 aromatic heterocycles. The van der Waals surface area contributed by atoms with E-state index in [2.05, 4.69) is 10.6 Å². The van der Waals surface area contributed by atoms with Gasteiger partial charge in [0.25, 0.3) is 0 Å². The number of hydrogen-bond acceptors (Lipinski definition) is 5. The fraction of sp³-hybridized carbons (Fsp3) is 0.231. The maximum Gasteiger partial charge on any atom is 0.315 e. The molecule has 5 nitrogen and oxygen atoms in total.